The van der Waals surface area contributed by atoms with Crippen molar-refractivity contribution in [2.24, 2.45) is 11.8 Å². The standard InChI is InChI=1S/C15H31NO/c1-4-14(5-2)12(3)16-11-15(17)10-13-8-6-7-9-13/h12-17H,4-11H2,1-3H3. The normalized spacial score (nSPS) is 21.0. The highest BCUT2D eigenvalue weighted by atomic mass is 16.3. The van der Waals surface area contributed by atoms with Gasteiger partial charge < -0.3 is 10.4 Å². The molecule has 1 aliphatic rings. The van der Waals surface area contributed by atoms with E-state index < -0.39 is 0 Å². The van der Waals surface area contributed by atoms with Crippen LogP contribution in [0.3, 0.4) is 0 Å². The summed E-state index contributed by atoms with van der Waals surface area (Å²) in [6.07, 6.45) is 8.72. The Hall–Kier alpha value is -0.0800. The van der Waals surface area contributed by atoms with Crippen LogP contribution in [0.4, 0.5) is 0 Å². The lowest BCUT2D eigenvalue weighted by atomic mass is 9.95. The Morgan fingerprint density at radius 3 is 2.29 bits per heavy atom. The highest BCUT2D eigenvalue weighted by Crippen LogP contribution is 2.28. The molecule has 0 bridgehead atoms. The average Bonchev–Trinajstić information content (AvgIpc) is 2.81. The molecule has 0 aliphatic heterocycles. The van der Waals surface area contributed by atoms with E-state index in [1.54, 1.807) is 0 Å². The van der Waals surface area contributed by atoms with Gasteiger partial charge in [-0.2, -0.15) is 0 Å². The molecule has 2 unspecified atom stereocenters. The summed E-state index contributed by atoms with van der Waals surface area (Å²) >= 11 is 0. The van der Waals surface area contributed by atoms with Gasteiger partial charge in [-0.1, -0.05) is 52.4 Å². The van der Waals surface area contributed by atoms with Gasteiger partial charge in [-0.15, -0.1) is 0 Å². The van der Waals surface area contributed by atoms with E-state index in [4.69, 9.17) is 0 Å². The van der Waals surface area contributed by atoms with Crippen molar-refractivity contribution in [2.75, 3.05) is 6.54 Å². The molecule has 2 atom stereocenters. The van der Waals surface area contributed by atoms with Crippen LogP contribution in [0.25, 0.3) is 0 Å². The van der Waals surface area contributed by atoms with Crippen LogP contribution in [0.5, 0.6) is 0 Å². The Kier molecular flexibility index (Phi) is 7.14. The first-order valence-electron chi connectivity index (χ1n) is 7.58. The monoisotopic (exact) mass is 241 g/mol. The number of hydrogen-bond donors (Lipinski definition) is 2. The number of aliphatic hydroxyl groups excluding tert-OH is 1. The predicted molar refractivity (Wildman–Crippen MR) is 74.1 cm³/mol. The fraction of sp³-hybridized carbons (Fsp3) is 1.00. The van der Waals surface area contributed by atoms with Gasteiger partial charge >= 0.3 is 0 Å². The third kappa shape index (κ3) is 5.39. The van der Waals surface area contributed by atoms with Crippen molar-refractivity contribution in [1.82, 2.24) is 5.32 Å². The van der Waals surface area contributed by atoms with Crippen LogP contribution in [0, 0.1) is 11.8 Å². The first kappa shape index (κ1) is 15.0. The van der Waals surface area contributed by atoms with Crippen molar-refractivity contribution in [3.05, 3.63) is 0 Å². The fourth-order valence-electron chi connectivity index (χ4n) is 3.20. The Morgan fingerprint density at radius 1 is 1.18 bits per heavy atom. The van der Waals surface area contributed by atoms with Gasteiger partial charge in [0.1, 0.15) is 0 Å². The number of nitrogens with one attached hydrogen (secondary N) is 1. The van der Waals surface area contributed by atoms with E-state index in [9.17, 15) is 5.11 Å². The molecule has 2 nitrogen and oxygen atoms in total. The minimum Gasteiger partial charge on any atom is -0.392 e. The average molecular weight is 241 g/mol. The molecule has 2 heteroatoms. The second-order valence-corrected chi connectivity index (χ2v) is 5.81. The zero-order chi connectivity index (χ0) is 12.7. The smallest absolute Gasteiger partial charge is 0.0667 e. The van der Waals surface area contributed by atoms with Gasteiger partial charge in [0.25, 0.3) is 0 Å². The van der Waals surface area contributed by atoms with Crippen molar-refractivity contribution in [3.63, 3.8) is 0 Å². The molecule has 2 N–H and O–H groups in total. The molecule has 0 amide bonds. The molecule has 0 heterocycles. The molecular weight excluding hydrogens is 210 g/mol. The summed E-state index contributed by atoms with van der Waals surface area (Å²) in [5.74, 6) is 1.53. The van der Waals surface area contributed by atoms with E-state index in [0.29, 0.717) is 6.04 Å². The van der Waals surface area contributed by atoms with Crippen molar-refractivity contribution in [1.29, 1.82) is 0 Å². The van der Waals surface area contributed by atoms with E-state index in [0.717, 1.165) is 24.8 Å². The van der Waals surface area contributed by atoms with Gasteiger partial charge in [0.05, 0.1) is 6.10 Å². The highest BCUT2D eigenvalue weighted by Gasteiger charge is 2.20. The maximum Gasteiger partial charge on any atom is 0.0667 e. The van der Waals surface area contributed by atoms with Crippen LogP contribution < -0.4 is 5.32 Å². The zero-order valence-electron chi connectivity index (χ0n) is 11.9. The molecule has 0 spiro atoms. The first-order chi connectivity index (χ1) is 8.17. The molecule has 1 aliphatic carbocycles. The van der Waals surface area contributed by atoms with Crippen LogP contribution >= 0.6 is 0 Å². The van der Waals surface area contributed by atoms with Crippen LogP contribution in [-0.2, 0) is 0 Å². The third-order valence-corrected chi connectivity index (χ3v) is 4.51. The lowest BCUT2D eigenvalue weighted by Crippen LogP contribution is -2.38. The molecule has 0 radical (unpaired) electrons. The lowest BCUT2D eigenvalue weighted by Gasteiger charge is -2.24. The van der Waals surface area contributed by atoms with Gasteiger partial charge in [-0.3, -0.25) is 0 Å². The van der Waals surface area contributed by atoms with Gasteiger partial charge in [-0.25, -0.2) is 0 Å². The third-order valence-electron chi connectivity index (χ3n) is 4.51. The van der Waals surface area contributed by atoms with Gasteiger partial charge in [0.15, 0.2) is 0 Å². The van der Waals surface area contributed by atoms with Crippen molar-refractivity contribution >= 4 is 0 Å². The van der Waals surface area contributed by atoms with Gasteiger partial charge in [-0.05, 0) is 25.2 Å². The van der Waals surface area contributed by atoms with Crippen molar-refractivity contribution in [3.8, 4) is 0 Å². The minimum atomic E-state index is -0.144. The maximum atomic E-state index is 10.0. The predicted octanol–water partition coefficient (Wildman–Crippen LogP) is 3.34. The molecule has 0 aromatic rings. The summed E-state index contributed by atoms with van der Waals surface area (Å²) in [5.41, 5.74) is 0. The second-order valence-electron chi connectivity index (χ2n) is 5.81. The van der Waals surface area contributed by atoms with E-state index in [1.165, 1.54) is 38.5 Å². The fourth-order valence-corrected chi connectivity index (χ4v) is 3.20. The molecule has 1 fully saturated rings. The van der Waals surface area contributed by atoms with Crippen LogP contribution in [0.15, 0.2) is 0 Å². The van der Waals surface area contributed by atoms with Gasteiger partial charge in [0.2, 0.25) is 0 Å². The van der Waals surface area contributed by atoms with Gasteiger partial charge in [0, 0.05) is 12.6 Å². The van der Waals surface area contributed by atoms with E-state index in [2.05, 4.69) is 26.1 Å². The van der Waals surface area contributed by atoms with Crippen LogP contribution in [0.2, 0.25) is 0 Å². The topological polar surface area (TPSA) is 32.3 Å². The quantitative estimate of drug-likeness (QED) is 0.683. The summed E-state index contributed by atoms with van der Waals surface area (Å²) in [7, 11) is 0. The Bertz CT molecular complexity index is 185. The maximum absolute atomic E-state index is 10.0. The summed E-state index contributed by atoms with van der Waals surface area (Å²) in [5, 5.41) is 13.5. The van der Waals surface area contributed by atoms with Crippen molar-refractivity contribution < 1.29 is 5.11 Å². The Labute approximate surface area is 107 Å². The Balaban J connectivity index is 2.15. The summed E-state index contributed by atoms with van der Waals surface area (Å²) in [4.78, 5) is 0. The molecule has 0 aromatic heterocycles. The van der Waals surface area contributed by atoms with E-state index >= 15 is 0 Å². The Morgan fingerprint density at radius 2 is 1.76 bits per heavy atom. The summed E-state index contributed by atoms with van der Waals surface area (Å²) < 4.78 is 0. The largest absolute Gasteiger partial charge is 0.392 e. The molecule has 0 aromatic carbocycles. The number of aliphatic hydroxyl groups is 1. The van der Waals surface area contributed by atoms with Crippen LogP contribution in [0.1, 0.15) is 65.7 Å². The summed E-state index contributed by atoms with van der Waals surface area (Å²) in [6, 6.07) is 0.531. The highest BCUT2D eigenvalue weighted by molar-refractivity contribution is 4.75. The number of hydrogen-bond acceptors (Lipinski definition) is 2. The SMILES string of the molecule is CCC(CC)C(C)NCC(O)CC1CCCC1. The second kappa shape index (κ2) is 8.10. The lowest BCUT2D eigenvalue weighted by molar-refractivity contribution is 0.133. The van der Waals surface area contributed by atoms with E-state index in [1.807, 2.05) is 0 Å². The molecule has 17 heavy (non-hydrogen) atoms. The molecule has 102 valence electrons. The van der Waals surface area contributed by atoms with E-state index in [-0.39, 0.29) is 6.10 Å². The molecule has 0 saturated heterocycles. The zero-order valence-corrected chi connectivity index (χ0v) is 11.9. The first-order valence-corrected chi connectivity index (χ1v) is 7.58. The number of rotatable bonds is 8. The molecule has 1 rings (SSSR count). The van der Waals surface area contributed by atoms with Crippen LogP contribution in [-0.4, -0.2) is 23.8 Å². The van der Waals surface area contributed by atoms with Crippen molar-refractivity contribution in [2.45, 2.75) is 77.9 Å². The summed E-state index contributed by atoms with van der Waals surface area (Å²) in [6.45, 7) is 7.52. The molecule has 1 saturated carbocycles. The molecular formula is C15H31NO. The minimum absolute atomic E-state index is 0.144.